The topological polar surface area (TPSA) is 104 Å². The second-order valence-electron chi connectivity index (χ2n) is 2.15. The number of rotatable bonds is 0. The average molecular weight is 201 g/mol. The van der Waals surface area contributed by atoms with Crippen molar-refractivity contribution in [2.24, 2.45) is 0 Å². The Morgan fingerprint density at radius 3 is 2.00 bits per heavy atom. The molecule has 0 unspecified atom stereocenters. The fraction of sp³-hybridized carbons (Fsp3) is 0. The van der Waals surface area contributed by atoms with Gasteiger partial charge in [-0.25, -0.2) is 0 Å². The van der Waals surface area contributed by atoms with E-state index in [2.05, 4.69) is 0 Å². The number of benzene rings is 1. The van der Waals surface area contributed by atoms with E-state index in [0.29, 0.717) is 21.5 Å². The van der Waals surface area contributed by atoms with E-state index in [1.807, 2.05) is 0 Å². The van der Waals surface area contributed by atoms with Gasteiger partial charge in [0, 0.05) is 0 Å². The molecule has 0 saturated carbocycles. The van der Waals surface area contributed by atoms with Crippen molar-refractivity contribution in [3.63, 3.8) is 0 Å². The van der Waals surface area contributed by atoms with Gasteiger partial charge in [-0.1, -0.05) is 0 Å². The number of nitrogens with two attached hydrogens (primary N) is 4. The summed E-state index contributed by atoms with van der Waals surface area (Å²) < 4.78 is 0.418. The van der Waals surface area contributed by atoms with Crippen LogP contribution >= 0.6 is 0 Å². The third-order valence-corrected chi connectivity index (χ3v) is 1.79. The Kier molecular flexibility index (Phi) is 1.85. The fourth-order valence-electron chi connectivity index (χ4n) is 0.699. The molecule has 0 aliphatic rings. The molecule has 0 atom stereocenters. The minimum absolute atomic E-state index is 0.268. The maximum atomic E-state index is 5.48. The van der Waals surface area contributed by atoms with Crippen LogP contribution in [0.25, 0.3) is 0 Å². The van der Waals surface area contributed by atoms with Gasteiger partial charge in [0.05, 0.1) is 0 Å². The van der Waals surface area contributed by atoms with E-state index in [9.17, 15) is 0 Å². The zero-order valence-electron chi connectivity index (χ0n) is 5.69. The predicted molar refractivity (Wildman–Crippen MR) is 43.7 cm³/mol. The molecule has 0 fully saturated rings. The monoisotopic (exact) mass is 200 g/mol. The summed E-state index contributed by atoms with van der Waals surface area (Å²) in [5.74, 6) is 0. The summed E-state index contributed by atoms with van der Waals surface area (Å²) in [5.41, 5.74) is 23.2. The van der Waals surface area contributed by atoms with Gasteiger partial charge in [0.2, 0.25) is 0 Å². The number of nitrogen functional groups attached to an aromatic ring is 4. The van der Waals surface area contributed by atoms with Crippen molar-refractivity contribution < 1.29 is 16.0 Å². The van der Waals surface area contributed by atoms with Crippen molar-refractivity contribution in [2.45, 2.75) is 0 Å². The third kappa shape index (κ3) is 1.20. The Labute approximate surface area is 72.7 Å². The van der Waals surface area contributed by atoms with Crippen LogP contribution in [0.2, 0.25) is 0 Å². The van der Waals surface area contributed by atoms with Crippen LogP contribution in [0.15, 0.2) is 6.07 Å². The Hall–Kier alpha value is -1.06. The van der Waals surface area contributed by atoms with Crippen LogP contribution in [0.5, 0.6) is 0 Å². The molecule has 1 aromatic carbocycles. The molecule has 5 heteroatoms. The first kappa shape index (κ1) is 8.04. The van der Waals surface area contributed by atoms with Crippen molar-refractivity contribution in [3.8, 4) is 0 Å². The summed E-state index contributed by atoms with van der Waals surface area (Å²) in [5, 5.41) is 0. The molecule has 0 amide bonds. The molecule has 0 aliphatic carbocycles. The summed E-state index contributed by atoms with van der Waals surface area (Å²) in [6.45, 7) is 0. The molecule has 1 rings (SSSR count). The summed E-state index contributed by atoms with van der Waals surface area (Å²) >= 11 is 5.00. The predicted octanol–water partition coefficient (Wildman–Crippen LogP) is -0.812. The molecule has 0 heterocycles. The number of hydrogen-bond acceptors (Lipinski definition) is 4. The molecular weight excluding hydrogens is 192 g/mol. The van der Waals surface area contributed by atoms with Gasteiger partial charge < -0.3 is 0 Å². The van der Waals surface area contributed by atoms with Gasteiger partial charge >= 0.3 is 72.2 Å². The Bertz CT molecular complexity index is 271. The second-order valence-corrected chi connectivity index (χ2v) is 2.65. The van der Waals surface area contributed by atoms with Crippen LogP contribution in [0.3, 0.4) is 0 Å². The molecule has 1 aromatic rings. The zero-order chi connectivity index (χ0) is 8.59. The first-order valence-electron chi connectivity index (χ1n) is 2.88. The van der Waals surface area contributed by atoms with Gasteiger partial charge in [0.1, 0.15) is 0 Å². The van der Waals surface area contributed by atoms with Gasteiger partial charge in [-0.05, 0) is 0 Å². The van der Waals surface area contributed by atoms with Gasteiger partial charge in [0.25, 0.3) is 0 Å². The van der Waals surface area contributed by atoms with Crippen molar-refractivity contribution >= 4 is 27.2 Å². The van der Waals surface area contributed by atoms with Gasteiger partial charge in [0.15, 0.2) is 0 Å². The number of anilines is 4. The molecule has 64 valence electrons. The van der Waals surface area contributed by atoms with Crippen molar-refractivity contribution in [1.82, 2.24) is 0 Å². The summed E-state index contributed by atoms with van der Waals surface area (Å²) in [6.07, 6.45) is 0. The van der Waals surface area contributed by atoms with Crippen LogP contribution in [0.4, 0.5) is 22.7 Å². The van der Waals surface area contributed by atoms with Crippen LogP contribution in [0, 0.1) is 0 Å². The average Bonchev–Trinajstić information content (AvgIpc) is 1.97. The molecule has 0 spiro atoms. The maximum absolute atomic E-state index is 5.48. The van der Waals surface area contributed by atoms with Crippen LogP contribution in [-0.2, 0) is 16.0 Å². The molecular formula is C6H9CuN4. The molecule has 4 nitrogen and oxygen atoms in total. The summed E-state index contributed by atoms with van der Waals surface area (Å²) in [6, 6.07) is 1.51. The SMILES string of the molecule is Nc1c[c]([Cu])c(N)c(N)c1N. The molecule has 0 aliphatic heterocycles. The van der Waals surface area contributed by atoms with Crippen LogP contribution in [0.1, 0.15) is 0 Å². The molecule has 0 aromatic heterocycles. The molecule has 11 heavy (non-hydrogen) atoms. The van der Waals surface area contributed by atoms with E-state index in [1.54, 1.807) is 0 Å². The Balaban J connectivity index is 3.46. The van der Waals surface area contributed by atoms with E-state index in [-0.39, 0.29) is 5.69 Å². The molecule has 0 radical (unpaired) electrons. The van der Waals surface area contributed by atoms with Gasteiger partial charge in [-0.15, -0.1) is 0 Å². The number of hydrogen-bond donors (Lipinski definition) is 4. The third-order valence-electron chi connectivity index (χ3n) is 1.40. The van der Waals surface area contributed by atoms with E-state index in [0.717, 1.165) is 0 Å². The van der Waals surface area contributed by atoms with Crippen LogP contribution in [-0.4, -0.2) is 0 Å². The quantitative estimate of drug-likeness (QED) is 0.325. The normalized spacial score (nSPS) is 10.0. The van der Waals surface area contributed by atoms with Gasteiger partial charge in [-0.3, -0.25) is 0 Å². The van der Waals surface area contributed by atoms with Crippen LogP contribution < -0.4 is 27.4 Å². The fourth-order valence-corrected chi connectivity index (χ4v) is 0.972. The molecule has 0 bridgehead atoms. The summed E-state index contributed by atoms with van der Waals surface area (Å²) in [7, 11) is 0. The van der Waals surface area contributed by atoms with Crippen molar-refractivity contribution in [3.05, 3.63) is 6.07 Å². The van der Waals surface area contributed by atoms with E-state index in [4.69, 9.17) is 38.9 Å². The van der Waals surface area contributed by atoms with E-state index >= 15 is 0 Å². The van der Waals surface area contributed by atoms with E-state index in [1.165, 1.54) is 6.07 Å². The second kappa shape index (κ2) is 2.52. The van der Waals surface area contributed by atoms with Gasteiger partial charge in [-0.2, -0.15) is 0 Å². The van der Waals surface area contributed by atoms with Crippen molar-refractivity contribution in [1.29, 1.82) is 0 Å². The standard InChI is InChI=1S/C6H9N4.Cu/c7-3-1-2-4(8)6(10)5(3)9;/h1H,7-10H2;. The Morgan fingerprint density at radius 2 is 1.45 bits per heavy atom. The molecule has 0 saturated heterocycles. The summed E-state index contributed by atoms with van der Waals surface area (Å²) in [4.78, 5) is 0. The molecule has 8 N–H and O–H groups in total. The van der Waals surface area contributed by atoms with Crippen molar-refractivity contribution in [2.75, 3.05) is 22.9 Å². The minimum atomic E-state index is 0.268. The van der Waals surface area contributed by atoms with E-state index < -0.39 is 0 Å². The first-order valence-corrected chi connectivity index (χ1v) is 3.35. The Morgan fingerprint density at radius 1 is 0.909 bits per heavy atom. The zero-order valence-corrected chi connectivity index (χ0v) is 6.63. The first-order chi connectivity index (χ1) is 5.04.